The molecule has 0 atom stereocenters. The van der Waals surface area contributed by atoms with Crippen molar-refractivity contribution in [3.05, 3.63) is 59.2 Å². The molecule has 0 aliphatic rings. The van der Waals surface area contributed by atoms with E-state index in [0.717, 1.165) is 22.6 Å². The van der Waals surface area contributed by atoms with Gasteiger partial charge in [-0.3, -0.25) is 0 Å². The third-order valence-electron chi connectivity index (χ3n) is 3.07. The van der Waals surface area contributed by atoms with Crippen molar-refractivity contribution >= 4 is 11.7 Å². The average molecular weight is 271 g/mol. The van der Waals surface area contributed by atoms with Crippen LogP contribution in [0, 0.1) is 6.92 Å². The van der Waals surface area contributed by atoms with E-state index in [9.17, 15) is 4.79 Å². The van der Waals surface area contributed by atoms with E-state index in [1.165, 1.54) is 0 Å². The van der Waals surface area contributed by atoms with Crippen LogP contribution in [0.4, 0.5) is 5.69 Å². The maximum atomic E-state index is 10.9. The molecule has 2 aromatic carbocycles. The zero-order valence-corrected chi connectivity index (χ0v) is 11.5. The molecule has 0 heterocycles. The van der Waals surface area contributed by atoms with E-state index in [-0.39, 0.29) is 5.56 Å². The van der Waals surface area contributed by atoms with Gasteiger partial charge in [-0.05, 0) is 42.3 Å². The summed E-state index contributed by atoms with van der Waals surface area (Å²) in [7, 11) is 1.65. The highest BCUT2D eigenvalue weighted by Gasteiger charge is 2.04. The van der Waals surface area contributed by atoms with Gasteiger partial charge in [-0.2, -0.15) is 0 Å². The third-order valence-corrected chi connectivity index (χ3v) is 3.07. The second-order valence-corrected chi connectivity index (χ2v) is 4.54. The number of benzene rings is 2. The van der Waals surface area contributed by atoms with Gasteiger partial charge in [0.15, 0.2) is 0 Å². The zero-order valence-electron chi connectivity index (χ0n) is 11.5. The van der Waals surface area contributed by atoms with Crippen LogP contribution in [0.1, 0.15) is 21.5 Å². The molecule has 0 aromatic heterocycles. The third kappa shape index (κ3) is 3.29. The van der Waals surface area contributed by atoms with E-state index < -0.39 is 5.97 Å². The lowest BCUT2D eigenvalue weighted by Gasteiger charge is -2.10. The van der Waals surface area contributed by atoms with E-state index in [0.29, 0.717) is 6.54 Å². The maximum absolute atomic E-state index is 10.9. The number of carboxylic acids is 1. The van der Waals surface area contributed by atoms with Crippen molar-refractivity contribution in [2.45, 2.75) is 13.5 Å². The Bertz CT molecular complexity index is 623. The van der Waals surface area contributed by atoms with Crippen molar-refractivity contribution in [2.24, 2.45) is 0 Å². The Labute approximate surface area is 118 Å². The minimum atomic E-state index is -0.922. The molecule has 2 rings (SSSR count). The van der Waals surface area contributed by atoms with Gasteiger partial charge in [0.25, 0.3) is 0 Å². The van der Waals surface area contributed by atoms with Gasteiger partial charge < -0.3 is 15.2 Å². The number of aryl methyl sites for hydroxylation is 1. The first-order valence-corrected chi connectivity index (χ1v) is 6.31. The molecular formula is C16H17NO3. The van der Waals surface area contributed by atoms with Gasteiger partial charge in [0.2, 0.25) is 0 Å². The Hall–Kier alpha value is -2.49. The van der Waals surface area contributed by atoms with E-state index in [1.807, 2.05) is 31.2 Å². The van der Waals surface area contributed by atoms with Gasteiger partial charge in [0.05, 0.1) is 12.7 Å². The summed E-state index contributed by atoms with van der Waals surface area (Å²) in [5, 5.41) is 12.2. The number of hydrogen-bond donors (Lipinski definition) is 2. The monoisotopic (exact) mass is 271 g/mol. The standard InChI is InChI=1S/C16H17NO3/c1-11-8-12(6-7-15(11)20-2)10-17-14-5-3-4-13(9-14)16(18)19/h3-9,17H,10H2,1-2H3,(H,18,19). The Balaban J connectivity index is 2.07. The molecule has 20 heavy (non-hydrogen) atoms. The van der Waals surface area contributed by atoms with Gasteiger partial charge in [-0.25, -0.2) is 4.79 Å². The molecule has 0 bridgehead atoms. The average Bonchev–Trinajstić information content (AvgIpc) is 2.45. The van der Waals surface area contributed by atoms with E-state index in [1.54, 1.807) is 25.3 Å². The highest BCUT2D eigenvalue weighted by atomic mass is 16.5. The number of methoxy groups -OCH3 is 1. The van der Waals surface area contributed by atoms with Crippen LogP contribution < -0.4 is 10.1 Å². The molecule has 0 unspecified atom stereocenters. The number of ether oxygens (including phenoxy) is 1. The molecule has 4 nitrogen and oxygen atoms in total. The van der Waals surface area contributed by atoms with Crippen LogP contribution in [-0.4, -0.2) is 18.2 Å². The Morgan fingerprint density at radius 3 is 2.70 bits per heavy atom. The van der Waals surface area contributed by atoms with Crippen molar-refractivity contribution in [1.82, 2.24) is 0 Å². The summed E-state index contributed by atoms with van der Waals surface area (Å²) < 4.78 is 5.22. The van der Waals surface area contributed by atoms with Crippen LogP contribution in [0.3, 0.4) is 0 Å². The number of rotatable bonds is 5. The van der Waals surface area contributed by atoms with Crippen molar-refractivity contribution in [3.8, 4) is 5.75 Å². The number of carbonyl (C=O) groups is 1. The molecule has 4 heteroatoms. The first kappa shape index (κ1) is 13.9. The van der Waals surface area contributed by atoms with Crippen molar-refractivity contribution < 1.29 is 14.6 Å². The van der Waals surface area contributed by atoms with Gasteiger partial charge in [0, 0.05) is 12.2 Å². The summed E-state index contributed by atoms with van der Waals surface area (Å²) in [6.45, 7) is 2.63. The Morgan fingerprint density at radius 1 is 1.25 bits per heavy atom. The number of hydrogen-bond acceptors (Lipinski definition) is 3. The summed E-state index contributed by atoms with van der Waals surface area (Å²) in [5.74, 6) is -0.0597. The summed E-state index contributed by atoms with van der Waals surface area (Å²) in [5.41, 5.74) is 3.26. The van der Waals surface area contributed by atoms with Crippen LogP contribution in [0.15, 0.2) is 42.5 Å². The SMILES string of the molecule is COc1ccc(CNc2cccc(C(=O)O)c2)cc1C. The lowest BCUT2D eigenvalue weighted by molar-refractivity contribution is 0.0697. The van der Waals surface area contributed by atoms with Gasteiger partial charge in [-0.15, -0.1) is 0 Å². The van der Waals surface area contributed by atoms with E-state index >= 15 is 0 Å². The fourth-order valence-corrected chi connectivity index (χ4v) is 2.02. The normalized spacial score (nSPS) is 10.1. The predicted molar refractivity (Wildman–Crippen MR) is 78.5 cm³/mol. The number of aromatic carboxylic acids is 1. The largest absolute Gasteiger partial charge is 0.496 e. The molecule has 2 N–H and O–H groups in total. The molecule has 0 radical (unpaired) electrons. The van der Waals surface area contributed by atoms with E-state index in [4.69, 9.17) is 9.84 Å². The first-order valence-electron chi connectivity index (χ1n) is 6.31. The molecule has 0 fully saturated rings. The molecule has 0 spiro atoms. The highest BCUT2D eigenvalue weighted by molar-refractivity contribution is 5.88. The van der Waals surface area contributed by atoms with Crippen molar-refractivity contribution in [2.75, 3.05) is 12.4 Å². The minimum Gasteiger partial charge on any atom is -0.496 e. The second-order valence-electron chi connectivity index (χ2n) is 4.54. The van der Waals surface area contributed by atoms with Crippen LogP contribution in [0.25, 0.3) is 0 Å². The molecule has 0 saturated carbocycles. The van der Waals surface area contributed by atoms with Crippen LogP contribution >= 0.6 is 0 Å². The molecule has 104 valence electrons. The number of carboxylic acid groups (broad SMARTS) is 1. The topological polar surface area (TPSA) is 58.6 Å². The maximum Gasteiger partial charge on any atom is 0.335 e. The second kappa shape index (κ2) is 6.10. The molecule has 0 aliphatic carbocycles. The number of nitrogens with one attached hydrogen (secondary N) is 1. The molecular weight excluding hydrogens is 254 g/mol. The molecule has 0 amide bonds. The Kier molecular flexibility index (Phi) is 4.25. The van der Waals surface area contributed by atoms with Gasteiger partial charge in [-0.1, -0.05) is 18.2 Å². The Morgan fingerprint density at radius 2 is 2.05 bits per heavy atom. The van der Waals surface area contributed by atoms with E-state index in [2.05, 4.69) is 5.32 Å². The number of anilines is 1. The quantitative estimate of drug-likeness (QED) is 0.876. The van der Waals surface area contributed by atoms with Gasteiger partial charge >= 0.3 is 5.97 Å². The predicted octanol–water partition coefficient (Wildman–Crippen LogP) is 3.31. The van der Waals surface area contributed by atoms with Gasteiger partial charge in [0.1, 0.15) is 5.75 Å². The van der Waals surface area contributed by atoms with Crippen LogP contribution in [0.5, 0.6) is 5.75 Å². The summed E-state index contributed by atoms with van der Waals surface area (Å²) >= 11 is 0. The zero-order chi connectivity index (χ0) is 14.5. The lowest BCUT2D eigenvalue weighted by Crippen LogP contribution is -2.02. The fraction of sp³-hybridized carbons (Fsp3) is 0.188. The van der Waals surface area contributed by atoms with Crippen LogP contribution in [-0.2, 0) is 6.54 Å². The first-order chi connectivity index (χ1) is 9.60. The lowest BCUT2D eigenvalue weighted by atomic mass is 10.1. The van der Waals surface area contributed by atoms with Crippen molar-refractivity contribution in [3.63, 3.8) is 0 Å². The minimum absolute atomic E-state index is 0.279. The summed E-state index contributed by atoms with van der Waals surface area (Å²) in [6, 6.07) is 12.7. The van der Waals surface area contributed by atoms with Crippen molar-refractivity contribution in [1.29, 1.82) is 0 Å². The summed E-state index contributed by atoms with van der Waals surface area (Å²) in [6.07, 6.45) is 0. The smallest absolute Gasteiger partial charge is 0.335 e. The molecule has 0 aliphatic heterocycles. The van der Waals surface area contributed by atoms with Crippen LogP contribution in [0.2, 0.25) is 0 Å². The fourth-order valence-electron chi connectivity index (χ4n) is 2.02. The summed E-state index contributed by atoms with van der Waals surface area (Å²) in [4.78, 5) is 10.9. The molecule has 2 aromatic rings. The molecule has 0 saturated heterocycles. The highest BCUT2D eigenvalue weighted by Crippen LogP contribution is 2.19.